The van der Waals surface area contributed by atoms with Gasteiger partial charge in [-0.2, -0.15) is 0 Å². The van der Waals surface area contributed by atoms with Crippen molar-refractivity contribution < 1.29 is 9.90 Å². The van der Waals surface area contributed by atoms with Crippen LogP contribution in [0.5, 0.6) is 0 Å². The molecular weight excluding hydrogens is 116 g/mol. The topological polar surface area (TPSA) is 37.3 Å². The van der Waals surface area contributed by atoms with E-state index in [0.717, 1.165) is 0 Å². The Hall–Kier alpha value is -0.370. The molecule has 0 heterocycles. The molecule has 2 heteroatoms. The molecule has 58 valence electrons. The van der Waals surface area contributed by atoms with Gasteiger partial charge >= 0.3 is 0 Å². The maximum Gasteiger partial charge on any atom is 0.132 e. The molecule has 0 radical (unpaired) electrons. The van der Waals surface area contributed by atoms with Gasteiger partial charge in [-0.15, -0.1) is 0 Å². The van der Waals surface area contributed by atoms with Gasteiger partial charge in [0, 0.05) is 6.42 Å². The Morgan fingerprint density at radius 1 is 1.56 bits per heavy atom. The minimum absolute atomic E-state index is 0. The van der Waals surface area contributed by atoms with Crippen LogP contribution < -0.4 is 0 Å². The van der Waals surface area contributed by atoms with E-state index in [-0.39, 0.29) is 27.1 Å². The summed E-state index contributed by atoms with van der Waals surface area (Å²) in [7, 11) is 0. The highest BCUT2D eigenvalue weighted by molar-refractivity contribution is 5.75. The number of aliphatic hydroxyl groups excluding tert-OH is 1. The molecule has 2 nitrogen and oxygen atoms in total. The smallest absolute Gasteiger partial charge is 0.132 e. The van der Waals surface area contributed by atoms with Crippen LogP contribution in [0.2, 0.25) is 0 Å². The van der Waals surface area contributed by atoms with Crippen LogP contribution in [0.4, 0.5) is 0 Å². The van der Waals surface area contributed by atoms with E-state index in [0.29, 0.717) is 0 Å². The molecule has 0 aromatic rings. The second-order valence-corrected chi connectivity index (χ2v) is 1.76. The summed E-state index contributed by atoms with van der Waals surface area (Å²) in [5.41, 5.74) is 0. The molecule has 0 aromatic carbocycles. The predicted octanol–water partition coefficient (Wildman–Crippen LogP) is 1.62. The summed E-state index contributed by atoms with van der Waals surface area (Å²) < 4.78 is 0. The van der Waals surface area contributed by atoms with E-state index in [4.69, 9.17) is 5.11 Å². The molecule has 9 heavy (non-hydrogen) atoms. The summed E-state index contributed by atoms with van der Waals surface area (Å²) in [5, 5.41) is 8.50. The SMILES string of the molecule is C.C.CC(=O)CC(C)O. The Labute approximate surface area is 57.9 Å². The number of carbonyl (C=O) groups is 1. The summed E-state index contributed by atoms with van der Waals surface area (Å²) in [6, 6.07) is 0. The first kappa shape index (κ1) is 15.9. The zero-order valence-electron chi connectivity index (χ0n) is 4.64. The van der Waals surface area contributed by atoms with Crippen molar-refractivity contribution in [3.8, 4) is 0 Å². The molecule has 1 N–H and O–H groups in total. The van der Waals surface area contributed by atoms with Crippen LogP contribution >= 0.6 is 0 Å². The van der Waals surface area contributed by atoms with E-state index in [1.165, 1.54) is 6.92 Å². The lowest BCUT2D eigenvalue weighted by molar-refractivity contribution is -0.118. The molecule has 0 aliphatic carbocycles. The molecule has 0 aliphatic rings. The first-order valence-corrected chi connectivity index (χ1v) is 2.30. The second kappa shape index (κ2) is 7.63. The van der Waals surface area contributed by atoms with Gasteiger partial charge in [0.25, 0.3) is 0 Å². The number of Topliss-reactive ketones (excluding diaryl/α,β-unsaturated/α-hetero) is 1. The fourth-order valence-corrected chi connectivity index (χ4v) is 0.416. The minimum Gasteiger partial charge on any atom is -0.393 e. The lowest BCUT2D eigenvalue weighted by Crippen LogP contribution is -2.04. The van der Waals surface area contributed by atoms with Gasteiger partial charge in [0.2, 0.25) is 0 Å². The standard InChI is InChI=1S/C5H10O2.2CH4/c1-4(6)3-5(2)7;;/h4,6H,3H2,1-2H3;2*1H4. The lowest BCUT2D eigenvalue weighted by Gasteiger charge is -1.95. The van der Waals surface area contributed by atoms with Crippen molar-refractivity contribution in [1.29, 1.82) is 0 Å². The van der Waals surface area contributed by atoms with Crippen LogP contribution in [0, 0.1) is 0 Å². The normalized spacial score (nSPS) is 10.6. The molecular formula is C7H18O2. The van der Waals surface area contributed by atoms with Crippen LogP contribution in [0.25, 0.3) is 0 Å². The quantitative estimate of drug-likeness (QED) is 0.623. The van der Waals surface area contributed by atoms with Gasteiger partial charge in [-0.1, -0.05) is 14.9 Å². The van der Waals surface area contributed by atoms with E-state index in [1.807, 2.05) is 0 Å². The van der Waals surface area contributed by atoms with E-state index in [9.17, 15) is 4.79 Å². The van der Waals surface area contributed by atoms with Crippen molar-refractivity contribution in [2.24, 2.45) is 0 Å². The van der Waals surface area contributed by atoms with Crippen LogP contribution in [0.3, 0.4) is 0 Å². The van der Waals surface area contributed by atoms with Gasteiger partial charge in [-0.05, 0) is 13.8 Å². The number of rotatable bonds is 2. The Bertz CT molecular complexity index is 67.3. The summed E-state index contributed by atoms with van der Waals surface area (Å²) in [5.74, 6) is 0.0370. The van der Waals surface area contributed by atoms with Crippen molar-refractivity contribution in [3.63, 3.8) is 0 Å². The van der Waals surface area contributed by atoms with Crippen molar-refractivity contribution in [2.45, 2.75) is 41.2 Å². The average molecular weight is 134 g/mol. The van der Waals surface area contributed by atoms with Gasteiger partial charge in [0.05, 0.1) is 6.10 Å². The number of carbonyl (C=O) groups excluding carboxylic acids is 1. The van der Waals surface area contributed by atoms with Crippen LogP contribution in [-0.4, -0.2) is 17.0 Å². The van der Waals surface area contributed by atoms with Gasteiger partial charge in [0.1, 0.15) is 5.78 Å². The number of hydrogen-bond donors (Lipinski definition) is 1. The molecule has 0 saturated carbocycles. The van der Waals surface area contributed by atoms with Gasteiger partial charge in [-0.25, -0.2) is 0 Å². The molecule has 0 spiro atoms. The van der Waals surface area contributed by atoms with E-state index in [2.05, 4.69) is 0 Å². The molecule has 0 saturated heterocycles. The van der Waals surface area contributed by atoms with Crippen LogP contribution in [0.15, 0.2) is 0 Å². The molecule has 0 aromatic heterocycles. The second-order valence-electron chi connectivity index (χ2n) is 1.76. The highest BCUT2D eigenvalue weighted by Crippen LogP contribution is 1.87. The molecule has 1 atom stereocenters. The van der Waals surface area contributed by atoms with E-state index < -0.39 is 6.10 Å². The van der Waals surface area contributed by atoms with Crippen molar-refractivity contribution >= 4 is 5.78 Å². The van der Waals surface area contributed by atoms with Crippen molar-refractivity contribution in [2.75, 3.05) is 0 Å². The first-order chi connectivity index (χ1) is 3.13. The summed E-state index contributed by atoms with van der Waals surface area (Å²) in [6.45, 7) is 3.06. The van der Waals surface area contributed by atoms with Crippen molar-refractivity contribution in [1.82, 2.24) is 0 Å². The van der Waals surface area contributed by atoms with Gasteiger partial charge < -0.3 is 5.11 Å². The highest BCUT2D eigenvalue weighted by atomic mass is 16.3. The highest BCUT2D eigenvalue weighted by Gasteiger charge is 1.96. The maximum atomic E-state index is 10.1. The Morgan fingerprint density at radius 2 is 1.89 bits per heavy atom. The van der Waals surface area contributed by atoms with Gasteiger partial charge in [0.15, 0.2) is 0 Å². The third kappa shape index (κ3) is 18.4. The summed E-state index contributed by atoms with van der Waals surface area (Å²) >= 11 is 0. The number of aliphatic hydroxyl groups is 1. The van der Waals surface area contributed by atoms with E-state index >= 15 is 0 Å². The van der Waals surface area contributed by atoms with E-state index in [1.54, 1.807) is 6.92 Å². The average Bonchev–Trinajstić information content (AvgIpc) is 1.27. The Kier molecular flexibility index (Phi) is 13.4. The fourth-order valence-electron chi connectivity index (χ4n) is 0.416. The first-order valence-electron chi connectivity index (χ1n) is 2.30. The number of hydrogen-bond acceptors (Lipinski definition) is 2. The zero-order valence-corrected chi connectivity index (χ0v) is 4.64. The molecule has 0 bridgehead atoms. The maximum absolute atomic E-state index is 10.1. The largest absolute Gasteiger partial charge is 0.393 e. The molecule has 1 unspecified atom stereocenters. The number of ketones is 1. The Morgan fingerprint density at radius 3 is 1.89 bits per heavy atom. The fraction of sp³-hybridized carbons (Fsp3) is 0.857. The molecule has 0 aliphatic heterocycles. The van der Waals surface area contributed by atoms with Crippen LogP contribution in [0.1, 0.15) is 35.1 Å². The molecule has 0 rings (SSSR count). The summed E-state index contributed by atoms with van der Waals surface area (Å²) in [4.78, 5) is 10.1. The Balaban J connectivity index is -0.000000180. The third-order valence-corrected chi connectivity index (χ3v) is 0.583. The zero-order chi connectivity index (χ0) is 5.86. The monoisotopic (exact) mass is 134 g/mol. The van der Waals surface area contributed by atoms with Crippen LogP contribution in [-0.2, 0) is 4.79 Å². The molecule has 0 fully saturated rings. The van der Waals surface area contributed by atoms with Crippen molar-refractivity contribution in [3.05, 3.63) is 0 Å². The predicted molar refractivity (Wildman–Crippen MR) is 40.4 cm³/mol. The third-order valence-electron chi connectivity index (χ3n) is 0.583. The minimum atomic E-state index is -0.475. The lowest BCUT2D eigenvalue weighted by atomic mass is 10.2. The molecule has 0 amide bonds. The summed E-state index contributed by atoms with van der Waals surface area (Å²) in [6.07, 6.45) is -0.197. The van der Waals surface area contributed by atoms with Gasteiger partial charge in [-0.3, -0.25) is 4.79 Å².